The minimum absolute atomic E-state index is 0.0195. The summed E-state index contributed by atoms with van der Waals surface area (Å²) in [5, 5.41) is 2.81. The first kappa shape index (κ1) is 16.5. The van der Waals surface area contributed by atoms with Gasteiger partial charge in [-0.15, -0.1) is 0 Å². The number of benzene rings is 2. The first-order valence-electron chi connectivity index (χ1n) is 9.60. The third-order valence-electron chi connectivity index (χ3n) is 6.36. The van der Waals surface area contributed by atoms with E-state index in [2.05, 4.69) is 5.32 Å². The molecule has 138 valence electrons. The SMILES string of the molecule is O=C1NCc2cccc(C(=O)N3[C@@H]4CC[C@H]3CC(c3ccc(F)cc3)C4)c21. The molecule has 0 spiro atoms. The van der Waals surface area contributed by atoms with E-state index in [4.69, 9.17) is 0 Å². The maximum absolute atomic E-state index is 13.4. The summed E-state index contributed by atoms with van der Waals surface area (Å²) in [7, 11) is 0. The van der Waals surface area contributed by atoms with Gasteiger partial charge in [-0.2, -0.15) is 0 Å². The number of hydrogen-bond acceptors (Lipinski definition) is 2. The molecule has 2 fully saturated rings. The Labute approximate surface area is 157 Å². The van der Waals surface area contributed by atoms with Gasteiger partial charge in [0, 0.05) is 18.6 Å². The van der Waals surface area contributed by atoms with Gasteiger partial charge in [-0.3, -0.25) is 9.59 Å². The van der Waals surface area contributed by atoms with Gasteiger partial charge in [0.1, 0.15) is 5.82 Å². The Bertz CT molecular complexity index is 910. The third kappa shape index (κ3) is 2.64. The van der Waals surface area contributed by atoms with Crippen LogP contribution in [0.2, 0.25) is 0 Å². The van der Waals surface area contributed by atoms with Crippen LogP contribution < -0.4 is 5.32 Å². The summed E-state index contributed by atoms with van der Waals surface area (Å²) >= 11 is 0. The molecule has 1 unspecified atom stereocenters. The number of nitrogens with one attached hydrogen (secondary N) is 1. The molecule has 3 aliphatic rings. The van der Waals surface area contributed by atoms with Crippen molar-refractivity contribution in [3.8, 4) is 0 Å². The van der Waals surface area contributed by atoms with Crippen LogP contribution in [-0.4, -0.2) is 28.8 Å². The van der Waals surface area contributed by atoms with Crippen molar-refractivity contribution in [3.05, 3.63) is 70.5 Å². The smallest absolute Gasteiger partial charge is 0.255 e. The molecular formula is C22H21FN2O2. The fourth-order valence-electron chi connectivity index (χ4n) is 5.11. The number of amides is 2. The predicted octanol–water partition coefficient (Wildman–Crippen LogP) is 3.62. The van der Waals surface area contributed by atoms with Gasteiger partial charge in [0.15, 0.2) is 0 Å². The third-order valence-corrected chi connectivity index (χ3v) is 6.36. The van der Waals surface area contributed by atoms with Crippen LogP contribution in [0.4, 0.5) is 4.39 Å². The fraction of sp³-hybridized carbons (Fsp3) is 0.364. The van der Waals surface area contributed by atoms with E-state index in [0.717, 1.165) is 36.8 Å². The number of halogens is 1. The molecule has 5 rings (SSSR count). The van der Waals surface area contributed by atoms with Gasteiger partial charge in [-0.1, -0.05) is 24.3 Å². The zero-order valence-electron chi connectivity index (χ0n) is 15.0. The minimum atomic E-state index is -0.217. The molecule has 2 aromatic carbocycles. The highest BCUT2D eigenvalue weighted by Crippen LogP contribution is 2.44. The molecule has 1 N–H and O–H groups in total. The second-order valence-corrected chi connectivity index (χ2v) is 7.84. The molecule has 2 bridgehead atoms. The molecule has 27 heavy (non-hydrogen) atoms. The number of rotatable bonds is 2. The number of piperidine rings is 1. The molecule has 0 aliphatic carbocycles. The van der Waals surface area contributed by atoms with E-state index in [1.54, 1.807) is 6.07 Å². The van der Waals surface area contributed by atoms with Crippen molar-refractivity contribution in [3.63, 3.8) is 0 Å². The van der Waals surface area contributed by atoms with E-state index >= 15 is 0 Å². The van der Waals surface area contributed by atoms with Crippen LogP contribution in [0.25, 0.3) is 0 Å². The van der Waals surface area contributed by atoms with Crippen LogP contribution in [0, 0.1) is 5.82 Å². The standard InChI is InChI=1S/C22H21FN2O2/c23-16-6-4-13(5-7-16)15-10-17-8-9-18(11-15)25(17)22(27)19-3-1-2-14-12-24-21(26)20(14)19/h1-7,15,17-18H,8-12H2,(H,24,26)/t15?,17-,18+. The first-order valence-corrected chi connectivity index (χ1v) is 9.60. The summed E-state index contributed by atoms with van der Waals surface area (Å²) in [5.74, 6) is -0.0288. The molecule has 2 saturated heterocycles. The molecule has 2 amide bonds. The van der Waals surface area contributed by atoms with Crippen LogP contribution in [0.1, 0.15) is 63.4 Å². The van der Waals surface area contributed by atoms with E-state index in [0.29, 0.717) is 23.6 Å². The van der Waals surface area contributed by atoms with Gasteiger partial charge in [-0.05, 0) is 60.9 Å². The maximum atomic E-state index is 13.4. The minimum Gasteiger partial charge on any atom is -0.348 e. The molecule has 5 heteroatoms. The van der Waals surface area contributed by atoms with Gasteiger partial charge in [0.05, 0.1) is 11.1 Å². The number of nitrogens with zero attached hydrogens (tertiary/aromatic N) is 1. The van der Waals surface area contributed by atoms with Crippen LogP contribution >= 0.6 is 0 Å². The first-order chi connectivity index (χ1) is 13.1. The summed E-state index contributed by atoms with van der Waals surface area (Å²) in [6.45, 7) is 0.495. The normalized spacial score (nSPS) is 26.0. The Morgan fingerprint density at radius 2 is 1.74 bits per heavy atom. The van der Waals surface area contributed by atoms with E-state index < -0.39 is 0 Å². The summed E-state index contributed by atoms with van der Waals surface area (Å²) in [6.07, 6.45) is 3.79. The Morgan fingerprint density at radius 1 is 1.04 bits per heavy atom. The van der Waals surface area contributed by atoms with Crippen molar-refractivity contribution >= 4 is 11.8 Å². The zero-order valence-corrected chi connectivity index (χ0v) is 15.0. The van der Waals surface area contributed by atoms with Crippen molar-refractivity contribution < 1.29 is 14.0 Å². The summed E-state index contributed by atoms with van der Waals surface area (Å²) in [5.41, 5.74) is 3.13. The average Bonchev–Trinajstić information content (AvgIpc) is 3.18. The molecule has 4 nitrogen and oxygen atoms in total. The van der Waals surface area contributed by atoms with Crippen molar-refractivity contribution in [1.29, 1.82) is 0 Å². The van der Waals surface area contributed by atoms with E-state index in [1.807, 2.05) is 29.2 Å². The predicted molar refractivity (Wildman–Crippen MR) is 99.0 cm³/mol. The van der Waals surface area contributed by atoms with Gasteiger partial charge < -0.3 is 10.2 Å². The summed E-state index contributed by atoms with van der Waals surface area (Å²) < 4.78 is 13.2. The second-order valence-electron chi connectivity index (χ2n) is 7.84. The van der Waals surface area contributed by atoms with Crippen molar-refractivity contribution in [2.45, 2.75) is 50.2 Å². The Balaban J connectivity index is 1.42. The molecule has 3 heterocycles. The number of hydrogen-bond donors (Lipinski definition) is 1. The quantitative estimate of drug-likeness (QED) is 0.885. The van der Waals surface area contributed by atoms with E-state index in [1.165, 1.54) is 12.1 Å². The molecule has 2 aromatic rings. The fourth-order valence-corrected chi connectivity index (χ4v) is 5.11. The lowest BCUT2D eigenvalue weighted by molar-refractivity contribution is 0.0568. The van der Waals surface area contributed by atoms with Gasteiger partial charge in [0.25, 0.3) is 11.8 Å². The molecule has 3 aliphatic heterocycles. The highest BCUT2D eigenvalue weighted by molar-refractivity contribution is 6.09. The van der Waals surface area contributed by atoms with Crippen LogP contribution in [0.3, 0.4) is 0 Å². The second kappa shape index (κ2) is 6.19. The molecule has 0 radical (unpaired) electrons. The van der Waals surface area contributed by atoms with E-state index in [9.17, 15) is 14.0 Å². The Hall–Kier alpha value is -2.69. The highest BCUT2D eigenvalue weighted by atomic mass is 19.1. The zero-order chi connectivity index (χ0) is 18.5. The number of fused-ring (bicyclic) bond motifs is 3. The van der Waals surface area contributed by atoms with E-state index in [-0.39, 0.29) is 29.7 Å². The lowest BCUT2D eigenvalue weighted by Gasteiger charge is -2.39. The van der Waals surface area contributed by atoms with Crippen LogP contribution in [-0.2, 0) is 6.54 Å². The van der Waals surface area contributed by atoms with Crippen molar-refractivity contribution in [2.24, 2.45) is 0 Å². The van der Waals surface area contributed by atoms with Gasteiger partial charge >= 0.3 is 0 Å². The summed E-state index contributed by atoms with van der Waals surface area (Å²) in [6, 6.07) is 12.7. The highest BCUT2D eigenvalue weighted by Gasteiger charge is 2.44. The lowest BCUT2D eigenvalue weighted by atomic mass is 9.84. The maximum Gasteiger partial charge on any atom is 0.255 e. The van der Waals surface area contributed by atoms with Crippen LogP contribution in [0.5, 0.6) is 0 Å². The molecule has 3 atom stereocenters. The molecule has 0 aromatic heterocycles. The Morgan fingerprint density at radius 3 is 2.44 bits per heavy atom. The average molecular weight is 364 g/mol. The summed E-state index contributed by atoms with van der Waals surface area (Å²) in [4.78, 5) is 27.6. The van der Waals surface area contributed by atoms with Crippen molar-refractivity contribution in [1.82, 2.24) is 10.2 Å². The molecule has 0 saturated carbocycles. The van der Waals surface area contributed by atoms with Gasteiger partial charge in [0.2, 0.25) is 0 Å². The number of carbonyl (C=O) groups excluding carboxylic acids is 2. The number of carbonyl (C=O) groups is 2. The van der Waals surface area contributed by atoms with Crippen LogP contribution in [0.15, 0.2) is 42.5 Å². The Kier molecular flexibility index (Phi) is 3.78. The van der Waals surface area contributed by atoms with Crippen molar-refractivity contribution in [2.75, 3.05) is 0 Å². The topological polar surface area (TPSA) is 49.4 Å². The largest absolute Gasteiger partial charge is 0.348 e. The molecular weight excluding hydrogens is 343 g/mol. The monoisotopic (exact) mass is 364 g/mol. The lowest BCUT2D eigenvalue weighted by Crippen LogP contribution is -2.46. The van der Waals surface area contributed by atoms with Gasteiger partial charge in [-0.25, -0.2) is 4.39 Å².